The summed E-state index contributed by atoms with van der Waals surface area (Å²) in [6.45, 7) is 2.01. The van der Waals surface area contributed by atoms with E-state index in [2.05, 4.69) is 0 Å². The van der Waals surface area contributed by atoms with Crippen LogP contribution in [0.2, 0.25) is 0 Å². The number of nitrogens with zero attached hydrogens (tertiary/aromatic N) is 1. The number of morpholine rings is 1. The minimum atomic E-state index is -0.903. The van der Waals surface area contributed by atoms with Gasteiger partial charge in [-0.15, -0.1) is 0 Å². The van der Waals surface area contributed by atoms with Crippen molar-refractivity contribution in [3.63, 3.8) is 0 Å². The van der Waals surface area contributed by atoms with E-state index in [1.165, 1.54) is 12.8 Å². The molecule has 6 heteroatoms. The quantitative estimate of drug-likeness (QED) is 0.731. The Balaban J connectivity index is 1.69. The number of rotatable bonds is 6. The molecular weight excluding hydrogens is 238 g/mol. The Morgan fingerprint density at radius 3 is 2.83 bits per heavy atom. The smallest absolute Gasteiger partial charge is 0.306 e. The van der Waals surface area contributed by atoms with Crippen LogP contribution in [0.4, 0.5) is 0 Å². The van der Waals surface area contributed by atoms with Gasteiger partial charge in [0.2, 0.25) is 5.91 Å². The van der Waals surface area contributed by atoms with Crippen molar-refractivity contribution in [1.29, 1.82) is 0 Å². The number of hydrogen-bond acceptors (Lipinski definition) is 4. The summed E-state index contributed by atoms with van der Waals surface area (Å²) in [6.07, 6.45) is 1.94. The molecule has 1 aliphatic carbocycles. The summed E-state index contributed by atoms with van der Waals surface area (Å²) >= 11 is 0. The average molecular weight is 257 g/mol. The lowest BCUT2D eigenvalue weighted by Gasteiger charge is -2.32. The Kier molecular flexibility index (Phi) is 4.54. The standard InChI is InChI=1S/C12H19NO5/c14-11(8-17-7-9-1-2-9)13-3-4-18-10(6-13)5-12(15)16/h9-10H,1-8H2,(H,15,16)/t10-/m0/s1. The first-order chi connectivity index (χ1) is 8.65. The second-order valence-electron chi connectivity index (χ2n) is 4.89. The number of hydrogen-bond donors (Lipinski definition) is 1. The van der Waals surface area contributed by atoms with Gasteiger partial charge in [0.05, 0.1) is 25.7 Å². The van der Waals surface area contributed by atoms with Crippen molar-refractivity contribution < 1.29 is 24.2 Å². The molecule has 0 radical (unpaired) electrons. The van der Waals surface area contributed by atoms with Crippen molar-refractivity contribution in [2.24, 2.45) is 5.92 Å². The van der Waals surface area contributed by atoms with Crippen molar-refractivity contribution in [2.45, 2.75) is 25.4 Å². The fourth-order valence-corrected chi connectivity index (χ4v) is 1.95. The molecule has 0 aromatic rings. The molecule has 102 valence electrons. The fourth-order valence-electron chi connectivity index (χ4n) is 1.95. The zero-order valence-corrected chi connectivity index (χ0v) is 10.3. The lowest BCUT2D eigenvalue weighted by Crippen LogP contribution is -2.47. The molecule has 1 amide bonds. The van der Waals surface area contributed by atoms with E-state index in [-0.39, 0.29) is 18.9 Å². The van der Waals surface area contributed by atoms with Gasteiger partial charge in [-0.1, -0.05) is 0 Å². The molecular formula is C12H19NO5. The SMILES string of the molecule is O=C(O)C[C@H]1CN(C(=O)COCC2CC2)CCO1. The number of amides is 1. The topological polar surface area (TPSA) is 76.1 Å². The van der Waals surface area contributed by atoms with E-state index in [9.17, 15) is 9.59 Å². The number of ether oxygens (including phenoxy) is 2. The summed E-state index contributed by atoms with van der Waals surface area (Å²) in [6, 6.07) is 0. The van der Waals surface area contributed by atoms with Crippen LogP contribution in [-0.2, 0) is 19.1 Å². The van der Waals surface area contributed by atoms with Crippen molar-refractivity contribution in [2.75, 3.05) is 32.9 Å². The van der Waals surface area contributed by atoms with Crippen LogP contribution in [-0.4, -0.2) is 60.9 Å². The second kappa shape index (κ2) is 6.15. The maximum Gasteiger partial charge on any atom is 0.306 e. The third-order valence-electron chi connectivity index (χ3n) is 3.17. The van der Waals surface area contributed by atoms with Crippen molar-refractivity contribution in [3.05, 3.63) is 0 Å². The highest BCUT2D eigenvalue weighted by Crippen LogP contribution is 2.28. The van der Waals surface area contributed by atoms with Crippen LogP contribution in [0.15, 0.2) is 0 Å². The van der Waals surface area contributed by atoms with E-state index in [0.717, 1.165) is 0 Å². The van der Waals surface area contributed by atoms with Gasteiger partial charge in [-0.2, -0.15) is 0 Å². The molecule has 1 saturated heterocycles. The van der Waals surface area contributed by atoms with E-state index in [0.29, 0.717) is 32.2 Å². The molecule has 1 saturated carbocycles. The molecule has 1 atom stereocenters. The number of carboxylic acid groups (broad SMARTS) is 1. The first kappa shape index (κ1) is 13.3. The van der Waals surface area contributed by atoms with Crippen molar-refractivity contribution in [3.8, 4) is 0 Å². The molecule has 1 heterocycles. The molecule has 2 fully saturated rings. The van der Waals surface area contributed by atoms with E-state index < -0.39 is 12.1 Å². The zero-order valence-electron chi connectivity index (χ0n) is 10.3. The van der Waals surface area contributed by atoms with Crippen molar-refractivity contribution >= 4 is 11.9 Å². The lowest BCUT2D eigenvalue weighted by molar-refractivity contribution is -0.150. The highest BCUT2D eigenvalue weighted by atomic mass is 16.5. The third kappa shape index (κ3) is 4.27. The molecule has 2 rings (SSSR count). The van der Waals surface area contributed by atoms with E-state index in [4.69, 9.17) is 14.6 Å². The maximum atomic E-state index is 11.8. The number of aliphatic carboxylic acids is 1. The molecule has 2 aliphatic rings. The van der Waals surface area contributed by atoms with E-state index in [1.807, 2.05) is 0 Å². The van der Waals surface area contributed by atoms with Gasteiger partial charge in [-0.3, -0.25) is 9.59 Å². The lowest BCUT2D eigenvalue weighted by atomic mass is 10.2. The first-order valence-corrected chi connectivity index (χ1v) is 6.34. The third-order valence-corrected chi connectivity index (χ3v) is 3.17. The van der Waals surface area contributed by atoms with Gasteiger partial charge in [0.1, 0.15) is 6.61 Å². The molecule has 0 bridgehead atoms. The molecule has 0 unspecified atom stereocenters. The Morgan fingerprint density at radius 1 is 1.39 bits per heavy atom. The molecule has 6 nitrogen and oxygen atoms in total. The largest absolute Gasteiger partial charge is 0.481 e. The molecule has 1 aliphatic heterocycles. The number of carboxylic acids is 1. The van der Waals surface area contributed by atoms with Crippen LogP contribution in [0.25, 0.3) is 0 Å². The van der Waals surface area contributed by atoms with Gasteiger partial charge >= 0.3 is 5.97 Å². The summed E-state index contributed by atoms with van der Waals surface area (Å²) < 4.78 is 10.6. The minimum Gasteiger partial charge on any atom is -0.481 e. The zero-order chi connectivity index (χ0) is 13.0. The summed E-state index contributed by atoms with van der Waals surface area (Å²) in [5.74, 6) is -0.337. The Morgan fingerprint density at radius 2 is 2.17 bits per heavy atom. The maximum absolute atomic E-state index is 11.8. The first-order valence-electron chi connectivity index (χ1n) is 6.34. The Hall–Kier alpha value is -1.14. The van der Waals surface area contributed by atoms with Crippen LogP contribution in [0.5, 0.6) is 0 Å². The average Bonchev–Trinajstić information content (AvgIpc) is 3.12. The van der Waals surface area contributed by atoms with Gasteiger partial charge in [-0.05, 0) is 18.8 Å². The predicted octanol–water partition coefficient (Wildman–Crippen LogP) is 0.115. The van der Waals surface area contributed by atoms with E-state index >= 15 is 0 Å². The molecule has 0 aromatic carbocycles. The minimum absolute atomic E-state index is 0.0628. The molecule has 0 aromatic heterocycles. The predicted molar refractivity (Wildman–Crippen MR) is 62.1 cm³/mol. The van der Waals surface area contributed by atoms with Crippen LogP contribution < -0.4 is 0 Å². The highest BCUT2D eigenvalue weighted by molar-refractivity contribution is 5.77. The van der Waals surface area contributed by atoms with Gasteiger partial charge in [0.25, 0.3) is 0 Å². The van der Waals surface area contributed by atoms with Crippen LogP contribution >= 0.6 is 0 Å². The van der Waals surface area contributed by atoms with Gasteiger partial charge in [0.15, 0.2) is 0 Å². The number of carbonyl (C=O) groups excluding carboxylic acids is 1. The summed E-state index contributed by atoms with van der Waals surface area (Å²) in [5.41, 5.74) is 0. The van der Waals surface area contributed by atoms with Crippen molar-refractivity contribution in [1.82, 2.24) is 4.90 Å². The van der Waals surface area contributed by atoms with Crippen LogP contribution in [0, 0.1) is 5.92 Å². The molecule has 1 N–H and O–H groups in total. The van der Waals surface area contributed by atoms with Gasteiger partial charge < -0.3 is 19.5 Å². The monoisotopic (exact) mass is 257 g/mol. The molecule has 18 heavy (non-hydrogen) atoms. The fraction of sp³-hybridized carbons (Fsp3) is 0.833. The van der Waals surface area contributed by atoms with Gasteiger partial charge in [0, 0.05) is 13.1 Å². The summed E-state index contributed by atoms with van der Waals surface area (Å²) in [4.78, 5) is 24.0. The summed E-state index contributed by atoms with van der Waals surface area (Å²) in [7, 11) is 0. The normalized spacial score (nSPS) is 24.0. The van der Waals surface area contributed by atoms with E-state index in [1.54, 1.807) is 4.90 Å². The Labute approximate surface area is 106 Å². The number of carbonyl (C=O) groups is 2. The molecule has 0 spiro atoms. The van der Waals surface area contributed by atoms with Crippen LogP contribution in [0.3, 0.4) is 0 Å². The van der Waals surface area contributed by atoms with Gasteiger partial charge in [-0.25, -0.2) is 0 Å². The Bertz CT molecular complexity index is 316. The highest BCUT2D eigenvalue weighted by Gasteiger charge is 2.26. The van der Waals surface area contributed by atoms with Crippen LogP contribution in [0.1, 0.15) is 19.3 Å². The summed E-state index contributed by atoms with van der Waals surface area (Å²) in [5, 5.41) is 8.69. The second-order valence-corrected chi connectivity index (χ2v) is 4.89.